The number of ether oxygens (including phenoxy) is 1. The molecule has 3 heterocycles. The van der Waals surface area contributed by atoms with Crippen LogP contribution in [0.2, 0.25) is 0 Å². The van der Waals surface area contributed by atoms with E-state index in [2.05, 4.69) is 0 Å². The highest BCUT2D eigenvalue weighted by Crippen LogP contribution is 2.59. The molecule has 0 saturated carbocycles. The lowest BCUT2D eigenvalue weighted by Gasteiger charge is -2.43. The maximum atomic E-state index is 11.4. The van der Waals surface area contributed by atoms with E-state index in [1.807, 2.05) is 0 Å². The van der Waals surface area contributed by atoms with Crippen LogP contribution in [0.1, 0.15) is 6.42 Å². The zero-order valence-corrected chi connectivity index (χ0v) is 9.41. The average molecular weight is 237 g/mol. The van der Waals surface area contributed by atoms with E-state index in [4.69, 9.17) is 24.0 Å². The Kier molecular flexibility index (Phi) is 3.45. The molecule has 0 radical (unpaired) electrons. The molecule has 0 aromatic heterocycles. The van der Waals surface area contributed by atoms with E-state index in [1.165, 1.54) is 0 Å². The molecule has 7 heteroatoms. The van der Waals surface area contributed by atoms with Crippen LogP contribution in [-0.2, 0) is 22.9 Å². The minimum Gasteiger partial charge on any atom is -0.381 e. The molecule has 3 aliphatic rings. The molecule has 0 unspecified atom stereocenters. The summed E-state index contributed by atoms with van der Waals surface area (Å²) < 4.78 is 32.0. The molecule has 0 aliphatic carbocycles. The molecule has 3 aliphatic heterocycles. The third-order valence-electron chi connectivity index (χ3n) is 2.49. The van der Waals surface area contributed by atoms with Gasteiger partial charge in [0, 0.05) is 6.61 Å². The van der Waals surface area contributed by atoms with E-state index in [1.54, 1.807) is 0 Å². The Morgan fingerprint density at radius 2 is 1.87 bits per heavy atom. The quantitative estimate of drug-likeness (QED) is 0.554. The van der Waals surface area contributed by atoms with Gasteiger partial charge >= 0.3 is 7.82 Å². The molecular formula is C8H16NO5P. The third kappa shape index (κ3) is 2.58. The Balaban J connectivity index is 1.79. The van der Waals surface area contributed by atoms with Gasteiger partial charge in [-0.05, 0) is 13.0 Å². The lowest BCUT2D eigenvalue weighted by molar-refractivity contribution is -0.126. The van der Waals surface area contributed by atoms with Gasteiger partial charge in [-0.25, -0.2) is 4.57 Å². The summed E-state index contributed by atoms with van der Waals surface area (Å²) in [4.78, 5) is 0. The zero-order chi connectivity index (χ0) is 10.8. The Morgan fingerprint density at radius 3 is 2.40 bits per heavy atom. The summed E-state index contributed by atoms with van der Waals surface area (Å²) in [6, 6.07) is 0. The van der Waals surface area contributed by atoms with Gasteiger partial charge in [0.2, 0.25) is 0 Å². The molecule has 2 bridgehead atoms. The van der Waals surface area contributed by atoms with E-state index in [0.29, 0.717) is 39.6 Å². The van der Waals surface area contributed by atoms with Crippen LogP contribution in [0.3, 0.4) is 0 Å². The predicted octanol–water partition coefficient (Wildman–Crippen LogP) is 0.523. The molecule has 2 N–H and O–H groups in total. The maximum absolute atomic E-state index is 11.4. The Bertz CT molecular complexity index is 240. The van der Waals surface area contributed by atoms with Crippen molar-refractivity contribution < 1.29 is 22.9 Å². The normalized spacial score (nSPS) is 39.5. The number of hydrogen-bond acceptors (Lipinski definition) is 6. The van der Waals surface area contributed by atoms with Gasteiger partial charge in [0.1, 0.15) is 0 Å². The standard InChI is InChI=1S/C8H16NO5P/c9-2-1-3-11-4-8-5-12-15(10,13-6-8)14-7-8/h1-7,9H2. The van der Waals surface area contributed by atoms with Gasteiger partial charge in [-0.15, -0.1) is 0 Å². The van der Waals surface area contributed by atoms with Crippen LogP contribution >= 0.6 is 7.82 Å². The lowest BCUT2D eigenvalue weighted by Crippen LogP contribution is -2.47. The zero-order valence-electron chi connectivity index (χ0n) is 8.52. The van der Waals surface area contributed by atoms with Gasteiger partial charge in [0.25, 0.3) is 0 Å². The SMILES string of the molecule is NCCCOCC12COP(=O)(OC1)OC2. The highest BCUT2D eigenvalue weighted by Gasteiger charge is 2.50. The van der Waals surface area contributed by atoms with Crippen molar-refractivity contribution >= 4 is 7.82 Å². The molecule has 0 atom stereocenters. The Labute approximate surface area is 88.6 Å². The monoisotopic (exact) mass is 237 g/mol. The summed E-state index contributed by atoms with van der Waals surface area (Å²) in [5.74, 6) is 0. The number of phosphoric ester groups is 1. The van der Waals surface area contributed by atoms with Crippen LogP contribution in [-0.4, -0.2) is 39.6 Å². The number of phosphoric acid groups is 1. The van der Waals surface area contributed by atoms with Gasteiger partial charge in [0.05, 0.1) is 31.8 Å². The van der Waals surface area contributed by atoms with Crippen molar-refractivity contribution in [1.29, 1.82) is 0 Å². The second-order valence-electron chi connectivity index (χ2n) is 3.96. The topological polar surface area (TPSA) is 80.0 Å². The van der Waals surface area contributed by atoms with Crippen LogP contribution in [0.15, 0.2) is 0 Å². The third-order valence-corrected chi connectivity index (χ3v) is 3.82. The van der Waals surface area contributed by atoms with Gasteiger partial charge in [-0.3, -0.25) is 13.6 Å². The van der Waals surface area contributed by atoms with Crippen LogP contribution < -0.4 is 5.73 Å². The first-order chi connectivity index (χ1) is 7.18. The molecule has 6 nitrogen and oxygen atoms in total. The van der Waals surface area contributed by atoms with Gasteiger partial charge < -0.3 is 10.5 Å². The first-order valence-electron chi connectivity index (χ1n) is 5.00. The fraction of sp³-hybridized carbons (Fsp3) is 1.00. The van der Waals surface area contributed by atoms with Crippen molar-refractivity contribution in [2.45, 2.75) is 6.42 Å². The second kappa shape index (κ2) is 4.49. The molecule has 3 saturated heterocycles. The molecule has 0 aromatic rings. The number of nitrogens with two attached hydrogens (primary N) is 1. The minimum atomic E-state index is -3.19. The molecule has 15 heavy (non-hydrogen) atoms. The van der Waals surface area contributed by atoms with Crippen LogP contribution in [0.5, 0.6) is 0 Å². The summed E-state index contributed by atoms with van der Waals surface area (Å²) in [5, 5.41) is 0. The Morgan fingerprint density at radius 1 is 1.27 bits per heavy atom. The molecule has 0 amide bonds. The highest BCUT2D eigenvalue weighted by atomic mass is 31.2. The van der Waals surface area contributed by atoms with Gasteiger partial charge in [-0.2, -0.15) is 0 Å². The number of rotatable bonds is 5. The van der Waals surface area contributed by atoms with E-state index in [9.17, 15) is 4.57 Å². The van der Waals surface area contributed by atoms with Crippen LogP contribution in [0, 0.1) is 5.41 Å². The molecule has 0 aromatic carbocycles. The van der Waals surface area contributed by atoms with Crippen molar-refractivity contribution in [3.05, 3.63) is 0 Å². The van der Waals surface area contributed by atoms with Crippen molar-refractivity contribution in [3.63, 3.8) is 0 Å². The maximum Gasteiger partial charge on any atom is 0.474 e. The summed E-state index contributed by atoms with van der Waals surface area (Å²) in [6.45, 7) is 2.88. The average Bonchev–Trinajstić information content (AvgIpc) is 2.27. The fourth-order valence-electron chi connectivity index (χ4n) is 1.48. The highest BCUT2D eigenvalue weighted by molar-refractivity contribution is 7.48. The molecular weight excluding hydrogens is 221 g/mol. The summed E-state index contributed by atoms with van der Waals surface area (Å²) in [5.41, 5.74) is 5.06. The number of hydrogen-bond donors (Lipinski definition) is 1. The smallest absolute Gasteiger partial charge is 0.381 e. The van der Waals surface area contributed by atoms with Gasteiger partial charge in [0.15, 0.2) is 0 Å². The fourth-order valence-corrected chi connectivity index (χ4v) is 3.00. The van der Waals surface area contributed by atoms with Gasteiger partial charge in [-0.1, -0.05) is 0 Å². The first kappa shape index (κ1) is 11.5. The second-order valence-corrected chi connectivity index (χ2v) is 5.63. The molecule has 0 spiro atoms. The predicted molar refractivity (Wildman–Crippen MR) is 52.4 cm³/mol. The van der Waals surface area contributed by atoms with Crippen molar-refractivity contribution in [2.24, 2.45) is 11.1 Å². The van der Waals surface area contributed by atoms with Crippen LogP contribution in [0.25, 0.3) is 0 Å². The molecule has 3 rings (SSSR count). The summed E-state index contributed by atoms with van der Waals surface area (Å²) >= 11 is 0. The van der Waals surface area contributed by atoms with Crippen LogP contribution in [0.4, 0.5) is 0 Å². The van der Waals surface area contributed by atoms with E-state index in [0.717, 1.165) is 6.42 Å². The van der Waals surface area contributed by atoms with E-state index < -0.39 is 7.82 Å². The lowest BCUT2D eigenvalue weighted by atomic mass is 9.92. The first-order valence-corrected chi connectivity index (χ1v) is 6.46. The number of fused-ring (bicyclic) bond motifs is 3. The Hall–Kier alpha value is 0.0300. The minimum absolute atomic E-state index is 0.291. The van der Waals surface area contributed by atoms with E-state index >= 15 is 0 Å². The summed E-state index contributed by atoms with van der Waals surface area (Å²) in [6.07, 6.45) is 0.831. The van der Waals surface area contributed by atoms with E-state index in [-0.39, 0.29) is 5.41 Å². The van der Waals surface area contributed by atoms with Crippen molar-refractivity contribution in [2.75, 3.05) is 39.6 Å². The largest absolute Gasteiger partial charge is 0.474 e. The molecule has 3 fully saturated rings. The van der Waals surface area contributed by atoms with Crippen molar-refractivity contribution in [1.82, 2.24) is 0 Å². The molecule has 88 valence electrons. The van der Waals surface area contributed by atoms with Crippen molar-refractivity contribution in [3.8, 4) is 0 Å². The summed E-state index contributed by atoms with van der Waals surface area (Å²) in [7, 11) is -3.19.